The molecule has 0 aliphatic rings. The molecule has 2 aromatic carbocycles. The van der Waals surface area contributed by atoms with Gasteiger partial charge in [-0.1, -0.05) is 34.1 Å². The molecule has 0 spiro atoms. The van der Waals surface area contributed by atoms with Gasteiger partial charge in [0.2, 0.25) is 0 Å². The molecule has 0 fully saturated rings. The topological polar surface area (TPSA) is 82.2 Å². The summed E-state index contributed by atoms with van der Waals surface area (Å²) in [7, 11) is 0. The zero-order valence-electron chi connectivity index (χ0n) is 14.0. The molecule has 130 valence electrons. The molecule has 3 rings (SSSR count). The monoisotopic (exact) mass is 409 g/mol. The van der Waals surface area contributed by atoms with Gasteiger partial charge in [0.15, 0.2) is 0 Å². The first-order valence-electron chi connectivity index (χ1n) is 7.89. The molecule has 26 heavy (non-hydrogen) atoms. The molecule has 2 N–H and O–H groups in total. The Kier molecular flexibility index (Phi) is 5.34. The highest BCUT2D eigenvalue weighted by Gasteiger charge is 2.06. The Morgan fingerprint density at radius 3 is 2.92 bits per heavy atom. The number of para-hydroxylation sites is 1. The van der Waals surface area contributed by atoms with Crippen molar-refractivity contribution in [1.82, 2.24) is 9.99 Å². The standard InChI is InChI=1S/C19H16BrN5O/c1-13-10-15(6-7-17(13)20)23-19(26)24-22-11-14-12-25(9-8-21)18-5-3-2-4-16(14)18/h2-7,10-12H,9H2,1H3,(H2,23,24,26)/b22-11+. The molecule has 0 saturated carbocycles. The van der Waals surface area contributed by atoms with Crippen molar-refractivity contribution in [2.45, 2.75) is 13.5 Å². The number of hydrogen-bond donors (Lipinski definition) is 2. The average molecular weight is 410 g/mol. The van der Waals surface area contributed by atoms with Crippen molar-refractivity contribution in [3.63, 3.8) is 0 Å². The zero-order chi connectivity index (χ0) is 18.5. The fraction of sp³-hybridized carbons (Fsp3) is 0.105. The number of aromatic nitrogens is 1. The Bertz CT molecular complexity index is 1030. The molecule has 0 aliphatic carbocycles. The lowest BCUT2D eigenvalue weighted by atomic mass is 10.2. The smallest absolute Gasteiger partial charge is 0.333 e. The normalized spacial score (nSPS) is 10.8. The van der Waals surface area contributed by atoms with Gasteiger partial charge in [-0.3, -0.25) is 0 Å². The third kappa shape index (κ3) is 3.92. The molecule has 0 atom stereocenters. The lowest BCUT2D eigenvalue weighted by molar-refractivity contribution is 0.252. The van der Waals surface area contributed by atoms with Gasteiger partial charge in [-0.05, 0) is 36.8 Å². The highest BCUT2D eigenvalue weighted by atomic mass is 79.9. The number of hydrazone groups is 1. The van der Waals surface area contributed by atoms with Crippen LogP contribution in [-0.4, -0.2) is 16.8 Å². The highest BCUT2D eigenvalue weighted by molar-refractivity contribution is 9.10. The quantitative estimate of drug-likeness (QED) is 0.494. The number of carbonyl (C=O) groups excluding carboxylic acids is 1. The second kappa shape index (κ2) is 7.85. The Morgan fingerprint density at radius 1 is 1.35 bits per heavy atom. The molecule has 1 aromatic heterocycles. The van der Waals surface area contributed by atoms with Crippen molar-refractivity contribution in [3.8, 4) is 6.07 Å². The van der Waals surface area contributed by atoms with E-state index in [0.29, 0.717) is 5.69 Å². The maximum atomic E-state index is 12.0. The fourth-order valence-corrected chi connectivity index (χ4v) is 2.87. The van der Waals surface area contributed by atoms with Crippen LogP contribution in [0.4, 0.5) is 10.5 Å². The van der Waals surface area contributed by atoms with E-state index in [4.69, 9.17) is 5.26 Å². The summed E-state index contributed by atoms with van der Waals surface area (Å²) in [5.41, 5.74) is 5.94. The Morgan fingerprint density at radius 2 is 2.15 bits per heavy atom. The summed E-state index contributed by atoms with van der Waals surface area (Å²) >= 11 is 3.42. The Balaban J connectivity index is 1.70. The zero-order valence-corrected chi connectivity index (χ0v) is 15.6. The lowest BCUT2D eigenvalue weighted by Gasteiger charge is -2.06. The van der Waals surface area contributed by atoms with Crippen LogP contribution in [0.3, 0.4) is 0 Å². The Hall–Kier alpha value is -3.11. The summed E-state index contributed by atoms with van der Waals surface area (Å²) in [6.45, 7) is 2.20. The van der Waals surface area contributed by atoms with Gasteiger partial charge < -0.3 is 9.88 Å². The van der Waals surface area contributed by atoms with Gasteiger partial charge in [0.25, 0.3) is 0 Å². The number of amides is 2. The van der Waals surface area contributed by atoms with E-state index in [1.54, 1.807) is 12.3 Å². The third-order valence-corrected chi connectivity index (χ3v) is 4.74. The van der Waals surface area contributed by atoms with Crippen LogP contribution in [0.1, 0.15) is 11.1 Å². The summed E-state index contributed by atoms with van der Waals surface area (Å²) in [4.78, 5) is 12.0. The first-order chi connectivity index (χ1) is 12.6. The van der Waals surface area contributed by atoms with Gasteiger partial charge in [-0.15, -0.1) is 0 Å². The summed E-state index contributed by atoms with van der Waals surface area (Å²) in [6, 6.07) is 15.0. The van der Waals surface area contributed by atoms with Crippen LogP contribution in [0.15, 0.2) is 58.2 Å². The number of hydrogen-bond acceptors (Lipinski definition) is 3. The van der Waals surface area contributed by atoms with Crippen LogP contribution in [0.25, 0.3) is 10.9 Å². The molecule has 0 aliphatic heterocycles. The highest BCUT2D eigenvalue weighted by Crippen LogP contribution is 2.20. The second-order valence-electron chi connectivity index (χ2n) is 5.68. The number of fused-ring (bicyclic) bond motifs is 1. The van der Waals surface area contributed by atoms with E-state index in [0.717, 1.165) is 26.5 Å². The molecule has 0 bridgehead atoms. The van der Waals surface area contributed by atoms with Gasteiger partial charge in [-0.25, -0.2) is 10.2 Å². The average Bonchev–Trinajstić information content (AvgIpc) is 2.97. The summed E-state index contributed by atoms with van der Waals surface area (Å²) in [6.07, 6.45) is 3.41. The largest absolute Gasteiger partial charge is 0.339 e. The van der Waals surface area contributed by atoms with Crippen LogP contribution >= 0.6 is 15.9 Å². The predicted octanol–water partition coefficient (Wildman–Crippen LogP) is 4.39. The second-order valence-corrected chi connectivity index (χ2v) is 6.53. The first-order valence-corrected chi connectivity index (χ1v) is 8.69. The molecule has 0 radical (unpaired) electrons. The molecule has 3 aromatic rings. The maximum Gasteiger partial charge on any atom is 0.339 e. The summed E-state index contributed by atoms with van der Waals surface area (Å²) in [5, 5.41) is 16.6. The molecule has 7 heteroatoms. The SMILES string of the molecule is Cc1cc(NC(=O)N/N=C/c2cn(CC#N)c3ccccc23)ccc1Br. The molecule has 6 nitrogen and oxygen atoms in total. The number of urea groups is 1. The number of nitriles is 1. The van der Waals surface area contributed by atoms with Crippen molar-refractivity contribution in [1.29, 1.82) is 5.26 Å². The van der Waals surface area contributed by atoms with Crippen LogP contribution in [0.2, 0.25) is 0 Å². The molecular weight excluding hydrogens is 394 g/mol. The maximum absolute atomic E-state index is 12.0. The molecule has 0 saturated heterocycles. The van der Waals surface area contributed by atoms with E-state index >= 15 is 0 Å². The number of benzene rings is 2. The molecule has 2 amide bonds. The number of halogens is 1. The first kappa shape index (κ1) is 17.7. The number of nitrogens with zero attached hydrogens (tertiary/aromatic N) is 3. The number of nitrogens with one attached hydrogen (secondary N) is 2. The van der Waals surface area contributed by atoms with Crippen LogP contribution in [0.5, 0.6) is 0 Å². The van der Waals surface area contributed by atoms with Crippen molar-refractivity contribution in [2.24, 2.45) is 5.10 Å². The number of anilines is 1. The van der Waals surface area contributed by atoms with E-state index in [1.165, 1.54) is 0 Å². The molecule has 0 unspecified atom stereocenters. The third-order valence-electron chi connectivity index (χ3n) is 3.85. The van der Waals surface area contributed by atoms with Gasteiger partial charge in [0, 0.05) is 32.8 Å². The minimum atomic E-state index is -0.427. The minimum Gasteiger partial charge on any atom is -0.333 e. The Labute approximate surface area is 159 Å². The van der Waals surface area contributed by atoms with Gasteiger partial charge in [-0.2, -0.15) is 10.4 Å². The van der Waals surface area contributed by atoms with Crippen molar-refractivity contribution < 1.29 is 4.79 Å². The summed E-state index contributed by atoms with van der Waals surface area (Å²) in [5.74, 6) is 0. The van der Waals surface area contributed by atoms with Crippen LogP contribution < -0.4 is 10.7 Å². The fourth-order valence-electron chi connectivity index (χ4n) is 2.63. The molecule has 1 heterocycles. The van der Waals surface area contributed by atoms with E-state index in [2.05, 4.69) is 37.8 Å². The van der Waals surface area contributed by atoms with E-state index in [9.17, 15) is 4.79 Å². The lowest BCUT2D eigenvalue weighted by Crippen LogP contribution is -2.24. The van der Waals surface area contributed by atoms with Gasteiger partial charge >= 0.3 is 6.03 Å². The number of aryl methyl sites for hydroxylation is 1. The van der Waals surface area contributed by atoms with Crippen LogP contribution in [0, 0.1) is 18.3 Å². The van der Waals surface area contributed by atoms with Crippen molar-refractivity contribution in [2.75, 3.05) is 5.32 Å². The van der Waals surface area contributed by atoms with E-state index in [1.807, 2.05) is 54.1 Å². The van der Waals surface area contributed by atoms with Crippen LogP contribution in [-0.2, 0) is 6.54 Å². The predicted molar refractivity (Wildman–Crippen MR) is 106 cm³/mol. The summed E-state index contributed by atoms with van der Waals surface area (Å²) < 4.78 is 2.83. The van der Waals surface area contributed by atoms with Crippen molar-refractivity contribution in [3.05, 3.63) is 64.3 Å². The van der Waals surface area contributed by atoms with E-state index < -0.39 is 6.03 Å². The van der Waals surface area contributed by atoms with Gasteiger partial charge in [0.05, 0.1) is 12.3 Å². The molecular formula is C19H16BrN5O. The van der Waals surface area contributed by atoms with E-state index in [-0.39, 0.29) is 6.54 Å². The van der Waals surface area contributed by atoms with Gasteiger partial charge in [0.1, 0.15) is 6.54 Å². The minimum absolute atomic E-state index is 0.255. The van der Waals surface area contributed by atoms with Crippen molar-refractivity contribution >= 4 is 44.8 Å². The number of rotatable bonds is 4. The number of carbonyl (C=O) groups is 1.